The molecule has 3 rings (SSSR count). The van der Waals surface area contributed by atoms with E-state index in [1.807, 2.05) is 24.4 Å². The molecule has 0 aliphatic carbocycles. The Bertz CT molecular complexity index is 567. The van der Waals surface area contributed by atoms with Crippen LogP contribution in [0.1, 0.15) is 24.5 Å². The van der Waals surface area contributed by atoms with Crippen molar-refractivity contribution in [2.24, 2.45) is 0 Å². The van der Waals surface area contributed by atoms with Crippen molar-refractivity contribution >= 4 is 0 Å². The zero-order valence-electron chi connectivity index (χ0n) is 12.0. The van der Waals surface area contributed by atoms with E-state index in [-0.39, 0.29) is 0 Å². The van der Waals surface area contributed by atoms with Crippen LogP contribution >= 0.6 is 0 Å². The van der Waals surface area contributed by atoms with Gasteiger partial charge in [-0.15, -0.1) is 0 Å². The van der Waals surface area contributed by atoms with E-state index in [9.17, 15) is 0 Å². The predicted octanol–water partition coefficient (Wildman–Crippen LogP) is 1.91. The van der Waals surface area contributed by atoms with Gasteiger partial charge in [-0.3, -0.25) is 4.90 Å². The third kappa shape index (κ3) is 2.54. The van der Waals surface area contributed by atoms with Gasteiger partial charge in [0, 0.05) is 43.7 Å². The number of nitrogens with zero attached hydrogens (tertiary/aromatic N) is 4. The maximum atomic E-state index is 5.66. The van der Waals surface area contributed by atoms with E-state index < -0.39 is 0 Å². The summed E-state index contributed by atoms with van der Waals surface area (Å²) in [6.45, 7) is 4.91. The van der Waals surface area contributed by atoms with Crippen LogP contribution < -0.4 is 4.74 Å². The van der Waals surface area contributed by atoms with E-state index in [1.54, 1.807) is 6.20 Å². The summed E-state index contributed by atoms with van der Waals surface area (Å²) in [5.41, 5.74) is 1.25. The van der Waals surface area contributed by atoms with Gasteiger partial charge in [-0.1, -0.05) is 6.07 Å². The van der Waals surface area contributed by atoms with Crippen molar-refractivity contribution in [2.45, 2.75) is 25.9 Å². The Balaban J connectivity index is 1.63. The molecular weight excluding hydrogens is 252 g/mol. The first kappa shape index (κ1) is 13.1. The Morgan fingerprint density at radius 1 is 1.30 bits per heavy atom. The minimum atomic E-state index is 0.384. The molecule has 0 radical (unpaired) electrons. The second-order valence-electron chi connectivity index (χ2n) is 5.18. The highest BCUT2D eigenvalue weighted by atomic mass is 16.5. The molecule has 0 fully saturated rings. The van der Waals surface area contributed by atoms with Crippen molar-refractivity contribution in [1.82, 2.24) is 19.4 Å². The van der Waals surface area contributed by atoms with Crippen LogP contribution in [-0.2, 0) is 13.0 Å². The number of hydrogen-bond acceptors (Lipinski definition) is 4. The fourth-order valence-corrected chi connectivity index (χ4v) is 2.56. The molecule has 1 aliphatic rings. The lowest BCUT2D eigenvalue weighted by Gasteiger charge is -2.31. The molecule has 0 saturated carbocycles. The lowest BCUT2D eigenvalue weighted by atomic mass is 10.2. The fraction of sp³-hybridized carbons (Fsp3) is 0.467. The minimum Gasteiger partial charge on any atom is -0.477 e. The molecule has 0 N–H and O–H groups in total. The zero-order chi connectivity index (χ0) is 13.9. The average Bonchev–Trinajstić information content (AvgIpc) is 2.88. The largest absolute Gasteiger partial charge is 0.477 e. The number of hydrogen-bond donors (Lipinski definition) is 0. The maximum Gasteiger partial charge on any atom is 0.213 e. The molecule has 0 spiro atoms. The quantitative estimate of drug-likeness (QED) is 0.852. The van der Waals surface area contributed by atoms with Gasteiger partial charge in [0.15, 0.2) is 0 Å². The van der Waals surface area contributed by atoms with Crippen molar-refractivity contribution in [3.8, 4) is 5.88 Å². The van der Waals surface area contributed by atoms with Crippen LogP contribution in [0.25, 0.3) is 0 Å². The molecule has 2 aromatic rings. The summed E-state index contributed by atoms with van der Waals surface area (Å²) in [5, 5.41) is 0. The molecule has 1 aliphatic heterocycles. The minimum absolute atomic E-state index is 0.384. The van der Waals surface area contributed by atoms with E-state index in [0.29, 0.717) is 18.5 Å². The molecule has 5 heteroatoms. The maximum absolute atomic E-state index is 5.66. The highest BCUT2D eigenvalue weighted by Crippen LogP contribution is 2.23. The summed E-state index contributed by atoms with van der Waals surface area (Å²) in [6, 6.07) is 6.08. The molecule has 2 aromatic heterocycles. The van der Waals surface area contributed by atoms with Crippen LogP contribution in [-0.4, -0.2) is 39.6 Å². The van der Waals surface area contributed by atoms with E-state index in [2.05, 4.69) is 33.4 Å². The normalized spacial score (nSPS) is 18.8. The van der Waals surface area contributed by atoms with Crippen molar-refractivity contribution in [3.05, 3.63) is 42.1 Å². The van der Waals surface area contributed by atoms with Gasteiger partial charge in [-0.25, -0.2) is 9.97 Å². The van der Waals surface area contributed by atoms with Gasteiger partial charge in [0.1, 0.15) is 5.82 Å². The monoisotopic (exact) mass is 272 g/mol. The number of fused-ring (bicyclic) bond motifs is 1. The summed E-state index contributed by atoms with van der Waals surface area (Å²) in [4.78, 5) is 11.0. The first-order valence-electron chi connectivity index (χ1n) is 7.04. The summed E-state index contributed by atoms with van der Waals surface area (Å²) < 4.78 is 7.98. The Kier molecular flexibility index (Phi) is 3.69. The topological polar surface area (TPSA) is 43.2 Å². The van der Waals surface area contributed by atoms with Gasteiger partial charge in [0.05, 0.1) is 12.6 Å². The van der Waals surface area contributed by atoms with Crippen molar-refractivity contribution < 1.29 is 4.74 Å². The van der Waals surface area contributed by atoms with Gasteiger partial charge >= 0.3 is 0 Å². The van der Waals surface area contributed by atoms with E-state index in [4.69, 9.17) is 4.74 Å². The Hall–Kier alpha value is -1.88. The second kappa shape index (κ2) is 5.63. The number of rotatable bonds is 4. The summed E-state index contributed by atoms with van der Waals surface area (Å²) in [6.07, 6.45) is 4.58. The van der Waals surface area contributed by atoms with Crippen LogP contribution in [0.2, 0.25) is 0 Å². The Morgan fingerprint density at radius 3 is 3.00 bits per heavy atom. The molecule has 106 valence electrons. The highest BCUT2D eigenvalue weighted by Gasteiger charge is 2.23. The van der Waals surface area contributed by atoms with E-state index in [1.165, 1.54) is 5.69 Å². The van der Waals surface area contributed by atoms with Gasteiger partial charge in [0.25, 0.3) is 0 Å². The first-order valence-corrected chi connectivity index (χ1v) is 7.04. The third-order valence-corrected chi connectivity index (χ3v) is 3.93. The van der Waals surface area contributed by atoms with Crippen molar-refractivity contribution in [1.29, 1.82) is 0 Å². The summed E-state index contributed by atoms with van der Waals surface area (Å²) in [7, 11) is 2.15. The van der Waals surface area contributed by atoms with Gasteiger partial charge in [0.2, 0.25) is 5.88 Å². The molecular formula is C15H20N4O. The van der Waals surface area contributed by atoms with Crippen LogP contribution in [0.5, 0.6) is 5.88 Å². The highest BCUT2D eigenvalue weighted by molar-refractivity contribution is 5.12. The smallest absolute Gasteiger partial charge is 0.213 e. The molecule has 0 aromatic carbocycles. The van der Waals surface area contributed by atoms with Crippen LogP contribution in [0.3, 0.4) is 0 Å². The predicted molar refractivity (Wildman–Crippen MR) is 76.7 cm³/mol. The molecule has 0 saturated heterocycles. The van der Waals surface area contributed by atoms with Gasteiger partial charge in [-0.05, 0) is 20.0 Å². The number of pyridine rings is 1. The zero-order valence-corrected chi connectivity index (χ0v) is 12.0. The van der Waals surface area contributed by atoms with Crippen molar-refractivity contribution in [2.75, 3.05) is 20.2 Å². The lowest BCUT2D eigenvalue weighted by molar-refractivity contribution is 0.203. The molecule has 5 nitrogen and oxygen atoms in total. The van der Waals surface area contributed by atoms with Gasteiger partial charge < -0.3 is 9.30 Å². The number of likely N-dealkylation sites (N-methyl/N-ethyl adjacent to an activating group) is 1. The fourth-order valence-electron chi connectivity index (χ4n) is 2.56. The number of imidazole rings is 1. The van der Waals surface area contributed by atoms with Crippen LogP contribution in [0.15, 0.2) is 30.6 Å². The van der Waals surface area contributed by atoms with E-state index >= 15 is 0 Å². The SMILES string of the molecule is C[C@@H]1c2ncc(CCOc3ccccn3)n2CCN1C. The Morgan fingerprint density at radius 2 is 2.20 bits per heavy atom. The van der Waals surface area contributed by atoms with Crippen molar-refractivity contribution in [3.63, 3.8) is 0 Å². The third-order valence-electron chi connectivity index (χ3n) is 3.93. The second-order valence-corrected chi connectivity index (χ2v) is 5.18. The standard InChI is InChI=1S/C15H20N4O/c1-12-15-17-11-13(19(15)9-8-18(12)2)6-10-20-14-5-3-4-7-16-14/h3-5,7,11-12H,6,8-10H2,1-2H3/t12-/m1/s1. The molecule has 0 bridgehead atoms. The molecule has 1 atom stereocenters. The number of aromatic nitrogens is 3. The molecule has 0 amide bonds. The Labute approximate surface area is 119 Å². The van der Waals surface area contributed by atoms with E-state index in [0.717, 1.165) is 25.3 Å². The summed E-state index contributed by atoms with van der Waals surface area (Å²) >= 11 is 0. The van der Waals surface area contributed by atoms with Crippen LogP contribution in [0, 0.1) is 0 Å². The van der Waals surface area contributed by atoms with Gasteiger partial charge in [-0.2, -0.15) is 0 Å². The average molecular weight is 272 g/mol. The first-order chi connectivity index (χ1) is 9.75. The molecule has 20 heavy (non-hydrogen) atoms. The summed E-state index contributed by atoms with van der Waals surface area (Å²) in [5.74, 6) is 1.84. The van der Waals surface area contributed by atoms with Crippen LogP contribution in [0.4, 0.5) is 0 Å². The lowest BCUT2D eigenvalue weighted by Crippen LogP contribution is -2.34. The number of ether oxygens (including phenoxy) is 1. The molecule has 3 heterocycles. The molecule has 0 unspecified atom stereocenters.